The fourth-order valence-corrected chi connectivity index (χ4v) is 8.90. The Morgan fingerprint density at radius 1 is 0.909 bits per heavy atom. The fraction of sp³-hybridized carbons (Fsp3) is 1.00. The quantitative estimate of drug-likeness (QED) is 0.207. The SMILES string of the molecule is CCC[CH2][Sn][CH2]CCC.OOC1(O)C2CC3CC(C2)CC1C3. The van der Waals surface area contributed by atoms with E-state index in [2.05, 4.69) is 18.7 Å². The summed E-state index contributed by atoms with van der Waals surface area (Å²) in [5, 5.41) is 18.9. The number of aliphatic hydroxyl groups is 1. The summed E-state index contributed by atoms with van der Waals surface area (Å²) in [6, 6.07) is 0. The smallest absolute Gasteiger partial charge is 0.204 e. The van der Waals surface area contributed by atoms with Crippen LogP contribution < -0.4 is 0 Å². The second-order valence-electron chi connectivity index (χ2n) is 7.60. The van der Waals surface area contributed by atoms with Gasteiger partial charge >= 0.3 is 69.5 Å². The van der Waals surface area contributed by atoms with Crippen LogP contribution in [-0.2, 0) is 4.89 Å². The molecule has 0 aromatic rings. The molecule has 4 rings (SSSR count). The van der Waals surface area contributed by atoms with Crippen LogP contribution in [0, 0.1) is 23.7 Å². The van der Waals surface area contributed by atoms with E-state index in [1.54, 1.807) is 8.87 Å². The molecule has 0 atom stereocenters. The van der Waals surface area contributed by atoms with Crippen LogP contribution in [0.4, 0.5) is 0 Å². The molecular weight excluding hydrogens is 383 g/mol. The largest absolute Gasteiger partial charge is 0.363 e. The van der Waals surface area contributed by atoms with Crippen molar-refractivity contribution in [2.75, 3.05) is 0 Å². The minimum atomic E-state index is -1.20. The molecule has 4 saturated carbocycles. The van der Waals surface area contributed by atoms with Crippen LogP contribution in [0.25, 0.3) is 0 Å². The Kier molecular flexibility index (Phi) is 7.98. The molecule has 2 radical (unpaired) electrons. The molecule has 0 saturated heterocycles. The molecule has 3 nitrogen and oxygen atoms in total. The molecule has 128 valence electrons. The zero-order chi connectivity index (χ0) is 16.0. The molecule has 0 unspecified atom stereocenters. The van der Waals surface area contributed by atoms with Gasteiger partial charge in [0.05, 0.1) is 0 Å². The van der Waals surface area contributed by atoms with Crippen molar-refractivity contribution >= 4 is 21.1 Å². The normalized spacial score (nSPS) is 38.7. The van der Waals surface area contributed by atoms with Gasteiger partial charge in [-0.15, -0.1) is 0 Å². The predicted molar refractivity (Wildman–Crippen MR) is 90.9 cm³/mol. The van der Waals surface area contributed by atoms with E-state index in [0.717, 1.165) is 37.5 Å². The minimum absolute atomic E-state index is 0.149. The first-order chi connectivity index (χ1) is 10.6. The van der Waals surface area contributed by atoms with Crippen LogP contribution in [0.5, 0.6) is 0 Å². The molecule has 4 aliphatic carbocycles. The average molecular weight is 417 g/mol. The summed E-state index contributed by atoms with van der Waals surface area (Å²) in [6.45, 7) is 4.58. The van der Waals surface area contributed by atoms with E-state index >= 15 is 0 Å². The number of unbranched alkanes of at least 4 members (excludes halogenated alkanes) is 2. The van der Waals surface area contributed by atoms with Gasteiger partial charge in [-0.05, 0) is 43.9 Å². The molecule has 0 aliphatic heterocycles. The Bertz CT molecular complexity index is 287. The first kappa shape index (κ1) is 19.0. The summed E-state index contributed by atoms with van der Waals surface area (Å²) in [5.41, 5.74) is 0. The molecule has 4 heteroatoms. The van der Waals surface area contributed by atoms with Gasteiger partial charge in [0.2, 0.25) is 5.79 Å². The van der Waals surface area contributed by atoms with Crippen molar-refractivity contribution in [3.8, 4) is 0 Å². The second kappa shape index (κ2) is 9.24. The average Bonchev–Trinajstić information content (AvgIpc) is 2.52. The Balaban J connectivity index is 0.000000175. The van der Waals surface area contributed by atoms with E-state index in [1.165, 1.54) is 32.1 Å². The Morgan fingerprint density at radius 3 is 1.73 bits per heavy atom. The van der Waals surface area contributed by atoms with E-state index < -0.39 is 5.79 Å². The standard InChI is InChI=1S/C10H16O3.2C4H9.Sn/c11-10(13-12)8-2-6-1-7(4-8)5-9(10)3-6;2*1-3-4-2;/h6-9,11-12H,1-5H2;2*1,3-4H2,2H3;. The van der Waals surface area contributed by atoms with Gasteiger partial charge < -0.3 is 5.11 Å². The maximum Gasteiger partial charge on any atom is 0.204 e. The van der Waals surface area contributed by atoms with Gasteiger partial charge in [-0.3, -0.25) is 0 Å². The fourth-order valence-electron chi connectivity index (χ4n) is 4.74. The third kappa shape index (κ3) is 4.61. The molecule has 0 heterocycles. The molecule has 4 fully saturated rings. The maximum atomic E-state index is 10.1. The molecule has 4 aliphatic rings. The number of hydrogen-bond acceptors (Lipinski definition) is 3. The number of rotatable bonds is 7. The van der Waals surface area contributed by atoms with Crippen molar-refractivity contribution in [2.24, 2.45) is 23.7 Å². The first-order valence-electron chi connectivity index (χ1n) is 9.39. The molecule has 22 heavy (non-hydrogen) atoms. The molecule has 4 bridgehead atoms. The van der Waals surface area contributed by atoms with Gasteiger partial charge in [-0.2, -0.15) is 0 Å². The zero-order valence-corrected chi connectivity index (χ0v) is 17.2. The molecule has 0 aromatic heterocycles. The summed E-state index contributed by atoms with van der Waals surface area (Å²) < 4.78 is 3.25. The Labute approximate surface area is 146 Å². The summed E-state index contributed by atoms with van der Waals surface area (Å²) in [5.74, 6) is 0.756. The zero-order valence-electron chi connectivity index (χ0n) is 14.4. The van der Waals surface area contributed by atoms with Crippen molar-refractivity contribution in [2.45, 2.75) is 86.3 Å². The third-order valence-corrected chi connectivity index (χ3v) is 9.90. The molecular formula is C18H34O3Sn. The van der Waals surface area contributed by atoms with Crippen LogP contribution in [0.2, 0.25) is 8.87 Å². The van der Waals surface area contributed by atoms with Gasteiger partial charge in [0, 0.05) is 11.8 Å². The van der Waals surface area contributed by atoms with Crippen LogP contribution in [0.15, 0.2) is 0 Å². The summed E-state index contributed by atoms with van der Waals surface area (Å²) in [4.78, 5) is 4.37. The molecule has 0 aromatic carbocycles. The third-order valence-electron chi connectivity index (χ3n) is 5.87. The van der Waals surface area contributed by atoms with E-state index in [4.69, 9.17) is 5.26 Å². The van der Waals surface area contributed by atoms with Gasteiger partial charge in [0.1, 0.15) is 0 Å². The minimum Gasteiger partial charge on any atom is -0.363 e. The van der Waals surface area contributed by atoms with Crippen molar-refractivity contribution in [1.29, 1.82) is 0 Å². The topological polar surface area (TPSA) is 49.7 Å². The van der Waals surface area contributed by atoms with Gasteiger partial charge in [0.15, 0.2) is 0 Å². The van der Waals surface area contributed by atoms with E-state index in [-0.39, 0.29) is 33.0 Å². The molecule has 2 N–H and O–H groups in total. The predicted octanol–water partition coefficient (Wildman–Crippen LogP) is 4.75. The van der Waals surface area contributed by atoms with Crippen LogP contribution in [0.1, 0.15) is 71.6 Å². The van der Waals surface area contributed by atoms with Gasteiger partial charge in [0.25, 0.3) is 0 Å². The summed E-state index contributed by atoms with van der Waals surface area (Å²) in [6.07, 6.45) is 11.4. The molecule has 0 amide bonds. The summed E-state index contributed by atoms with van der Waals surface area (Å²) in [7, 11) is 0. The van der Waals surface area contributed by atoms with Gasteiger partial charge in [-0.1, -0.05) is 0 Å². The monoisotopic (exact) mass is 418 g/mol. The second-order valence-corrected chi connectivity index (χ2v) is 11.9. The van der Waals surface area contributed by atoms with Crippen LogP contribution >= 0.6 is 0 Å². The van der Waals surface area contributed by atoms with E-state index in [9.17, 15) is 5.11 Å². The molecule has 0 spiro atoms. The van der Waals surface area contributed by atoms with Crippen LogP contribution in [-0.4, -0.2) is 37.3 Å². The van der Waals surface area contributed by atoms with Crippen molar-refractivity contribution < 1.29 is 15.3 Å². The number of hydrogen-bond donors (Lipinski definition) is 2. The summed E-state index contributed by atoms with van der Waals surface area (Å²) >= 11 is 0.149. The Morgan fingerprint density at radius 2 is 1.36 bits per heavy atom. The van der Waals surface area contributed by atoms with E-state index in [1.807, 2.05) is 0 Å². The van der Waals surface area contributed by atoms with Crippen molar-refractivity contribution in [3.63, 3.8) is 0 Å². The van der Waals surface area contributed by atoms with Crippen LogP contribution in [0.3, 0.4) is 0 Å². The van der Waals surface area contributed by atoms with Crippen molar-refractivity contribution in [1.82, 2.24) is 0 Å². The maximum absolute atomic E-state index is 10.1. The first-order valence-corrected chi connectivity index (χ1v) is 13.4. The van der Waals surface area contributed by atoms with Gasteiger partial charge in [-0.25, -0.2) is 10.1 Å². The van der Waals surface area contributed by atoms with Crippen molar-refractivity contribution in [3.05, 3.63) is 0 Å². The Hall–Kier alpha value is 0.679. The van der Waals surface area contributed by atoms with E-state index in [0.29, 0.717) is 0 Å².